The molecule has 446 valence electrons. The van der Waals surface area contributed by atoms with Crippen molar-refractivity contribution in [3.8, 4) is 95.5 Å². The standard InChI is InChI=1S/C86H70N4O2/c1-52-19-16-20-53(2)81(52)69-28-18-27-68-70-43-54(56-32-37-73-74(46-56)86(8,9)41-40-85(73,6)7)31-35-64(70)62-23-10-11-24-63(62)72-45-57(55-33-38-79-71(44-55)67-26-13-15-30-78(67)92-79)47-77-83(72)89(82(68)69)51-88(77)59-21-17-22-60(49-59)91-61-34-36-66-65-25-12-14-29-75(65)90(76(66)50-61)80-48-58(39-42-87-80)84(3,4)5/h10-39,42-50H,40-41H2,1-9H3/i1D3,2D3,6D3,7D3,8D3,9D3,32D,37D,40D2,41D2,46D. The van der Waals surface area contributed by atoms with E-state index in [2.05, 4.69) is 43.8 Å². The zero-order chi connectivity index (χ0) is 83.7. The summed E-state index contributed by atoms with van der Waals surface area (Å²) in [5, 5.41) is 3.60. The van der Waals surface area contributed by atoms with Gasteiger partial charge in [-0.05, 0) is 216 Å². The largest absolute Gasteiger partial charge is 0.458 e. The predicted molar refractivity (Wildman–Crippen MR) is 379 cm³/mol. The van der Waals surface area contributed by atoms with Crippen LogP contribution in [0.3, 0.4) is 0 Å². The molecule has 0 spiro atoms. The van der Waals surface area contributed by atoms with Crippen LogP contribution in [0.1, 0.15) is 123 Å². The van der Waals surface area contributed by atoms with Crippen LogP contribution in [-0.4, -0.2) is 14.1 Å². The van der Waals surface area contributed by atoms with Gasteiger partial charge in [-0.15, -0.1) is 0 Å². The minimum atomic E-state index is -4.60. The Balaban J connectivity index is 0.984. The molecule has 5 heterocycles. The summed E-state index contributed by atoms with van der Waals surface area (Å²) in [7, 11) is 0. The van der Waals surface area contributed by atoms with Gasteiger partial charge >= 0.3 is 0 Å². The minimum Gasteiger partial charge on any atom is -0.458 e. The second-order valence-corrected chi connectivity index (χ2v) is 24.7. The first-order valence-corrected chi connectivity index (χ1v) is 30.2. The number of fused-ring (bicyclic) bond motifs is 14. The number of furan rings is 1. The highest BCUT2D eigenvalue weighted by molar-refractivity contribution is 6.10. The number of rotatable bonds is 7. The average Bonchev–Trinajstić information content (AvgIpc) is 1.12. The number of para-hydroxylation sites is 3. The molecule has 0 amide bonds. The molecule has 2 aliphatic rings. The molecule has 1 aliphatic carbocycles. The molecule has 0 bridgehead atoms. The van der Waals surface area contributed by atoms with Gasteiger partial charge < -0.3 is 9.15 Å². The highest BCUT2D eigenvalue weighted by Gasteiger charge is 2.37. The summed E-state index contributed by atoms with van der Waals surface area (Å²) in [6.45, 7) is -16.9. The molecular weight excluding hydrogens is 1120 g/mol. The van der Waals surface area contributed by atoms with Crippen LogP contribution in [0.4, 0.5) is 0 Å². The van der Waals surface area contributed by atoms with E-state index in [1.54, 1.807) is 57.8 Å². The summed E-state index contributed by atoms with van der Waals surface area (Å²) in [6, 6.07) is 58.9. The average molecular weight is 1220 g/mol. The zero-order valence-corrected chi connectivity index (χ0v) is 49.9. The van der Waals surface area contributed by atoms with Crippen molar-refractivity contribution in [1.29, 1.82) is 0 Å². The molecule has 0 saturated heterocycles. The molecule has 17 rings (SSSR count). The summed E-state index contributed by atoms with van der Waals surface area (Å²) in [5.74, 6) is 1.54. The van der Waals surface area contributed by atoms with Crippen LogP contribution in [0.5, 0.6) is 11.5 Å². The summed E-state index contributed by atoms with van der Waals surface area (Å²) in [5.41, 5.74) is -5.37. The van der Waals surface area contributed by atoms with Gasteiger partial charge in [0, 0.05) is 64.0 Å². The number of nitrogens with zero attached hydrogens (tertiary/aromatic N) is 4. The molecule has 11 aromatic carbocycles. The number of hydrogen-bond acceptors (Lipinski definition) is 3. The van der Waals surface area contributed by atoms with Crippen molar-refractivity contribution < 1.29 is 48.0 Å². The normalized spacial score (nSPS) is 19.9. The van der Waals surface area contributed by atoms with Crippen molar-refractivity contribution in [2.75, 3.05) is 0 Å². The van der Waals surface area contributed by atoms with Gasteiger partial charge in [0.15, 0.2) is 0 Å². The predicted octanol–water partition coefficient (Wildman–Crippen LogP) is 22.5. The van der Waals surface area contributed by atoms with Crippen LogP contribution >= 0.6 is 0 Å². The van der Waals surface area contributed by atoms with Gasteiger partial charge in [0.25, 0.3) is 6.33 Å². The third-order valence-corrected chi connectivity index (χ3v) is 18.0. The molecule has 0 saturated carbocycles. The van der Waals surface area contributed by atoms with Crippen molar-refractivity contribution >= 4 is 54.8 Å². The van der Waals surface area contributed by atoms with Crippen LogP contribution in [0.15, 0.2) is 241 Å². The molecule has 0 unspecified atom stereocenters. The van der Waals surface area contributed by atoms with Gasteiger partial charge in [0.2, 0.25) is 0 Å². The number of pyridine rings is 1. The van der Waals surface area contributed by atoms with Crippen molar-refractivity contribution in [2.45, 2.75) is 90.9 Å². The number of benzene rings is 11. The summed E-state index contributed by atoms with van der Waals surface area (Å²) >= 11 is 0. The molecule has 92 heavy (non-hydrogen) atoms. The van der Waals surface area contributed by atoms with E-state index >= 15 is 0 Å². The molecule has 6 heteroatoms. The fourth-order valence-corrected chi connectivity index (χ4v) is 13.5. The van der Waals surface area contributed by atoms with Crippen LogP contribution in [0, 0.1) is 20.0 Å². The summed E-state index contributed by atoms with van der Waals surface area (Å²) in [4.78, 5) is 4.89. The van der Waals surface area contributed by atoms with Crippen molar-refractivity contribution in [3.05, 3.63) is 271 Å². The van der Waals surface area contributed by atoms with Gasteiger partial charge in [-0.2, -0.15) is 0 Å². The molecule has 0 atom stereocenters. The Morgan fingerprint density at radius 2 is 1.21 bits per heavy atom. The fourth-order valence-electron chi connectivity index (χ4n) is 13.5. The smallest absolute Gasteiger partial charge is 0.269 e. The van der Waals surface area contributed by atoms with E-state index in [1.807, 2.05) is 127 Å². The lowest BCUT2D eigenvalue weighted by atomic mass is 9.63. The molecule has 6 nitrogen and oxygen atoms in total. The second-order valence-electron chi connectivity index (χ2n) is 24.7. The van der Waals surface area contributed by atoms with Crippen LogP contribution in [0.25, 0.3) is 139 Å². The number of aryl methyl sites for hydroxylation is 2. The minimum absolute atomic E-state index is 0.0115. The molecule has 0 radical (unpaired) electrons. The van der Waals surface area contributed by atoms with E-state index in [0.717, 1.165) is 43.7 Å². The van der Waals surface area contributed by atoms with Crippen LogP contribution in [0.2, 0.25) is 0 Å². The Bertz CT molecular complexity index is 6640. The van der Waals surface area contributed by atoms with Gasteiger partial charge in [0.05, 0.1) is 37.6 Å². The highest BCUT2D eigenvalue weighted by atomic mass is 16.5. The zero-order valence-electron chi connectivity index (χ0n) is 74.9. The quantitative estimate of drug-likeness (QED) is 0.118. The number of imidazole rings is 1. The lowest BCUT2D eigenvalue weighted by Crippen LogP contribution is -2.33. The second kappa shape index (κ2) is 20.5. The number of hydrogen-bond donors (Lipinski definition) is 0. The Kier molecular flexibility index (Phi) is 7.82. The van der Waals surface area contributed by atoms with Gasteiger partial charge in [-0.25, -0.2) is 4.98 Å². The molecule has 0 N–H and O–H groups in total. The van der Waals surface area contributed by atoms with E-state index < -0.39 is 99.5 Å². The lowest BCUT2D eigenvalue weighted by Gasteiger charge is -2.42. The van der Waals surface area contributed by atoms with Gasteiger partial charge in [0.1, 0.15) is 28.5 Å². The monoisotopic (exact) mass is 1220 g/mol. The molecule has 15 aromatic rings. The maximum atomic E-state index is 10.3. The number of ether oxygens (including phenoxy) is 1. The Morgan fingerprint density at radius 1 is 0.533 bits per heavy atom. The third-order valence-electron chi connectivity index (χ3n) is 18.0. The summed E-state index contributed by atoms with van der Waals surface area (Å²) < 4.78 is 251. The Labute approximate surface area is 572 Å². The van der Waals surface area contributed by atoms with Crippen LogP contribution in [-0.2, 0) is 16.2 Å². The van der Waals surface area contributed by atoms with E-state index in [-0.39, 0.29) is 50.0 Å². The van der Waals surface area contributed by atoms with Crippen molar-refractivity contribution in [3.63, 3.8) is 0 Å². The van der Waals surface area contributed by atoms with Gasteiger partial charge in [-0.1, -0.05) is 194 Å². The summed E-state index contributed by atoms with van der Waals surface area (Å²) in [6.07, 6.45) is -3.68. The van der Waals surface area contributed by atoms with Gasteiger partial charge in [-0.3, -0.25) is 13.7 Å². The van der Waals surface area contributed by atoms with Crippen molar-refractivity contribution in [2.24, 2.45) is 0 Å². The van der Waals surface area contributed by atoms with Crippen LogP contribution < -0.4 is 9.30 Å². The lowest BCUT2D eigenvalue weighted by molar-refractivity contribution is -0.570. The number of aromatic nitrogens is 4. The molecule has 4 aromatic heterocycles. The third kappa shape index (κ3) is 8.82. The molecule has 1 aliphatic heterocycles. The van der Waals surface area contributed by atoms with Crippen molar-refractivity contribution in [1.82, 2.24) is 14.1 Å². The van der Waals surface area contributed by atoms with E-state index in [4.69, 9.17) is 30.6 Å². The fraction of sp³-hybridized carbons (Fsp3) is 0.163. The maximum absolute atomic E-state index is 10.3. The first-order chi connectivity index (χ1) is 54.8. The van der Waals surface area contributed by atoms with E-state index in [1.165, 1.54) is 30.3 Å². The van der Waals surface area contributed by atoms with E-state index in [9.17, 15) is 17.8 Å². The SMILES string of the molecule is [2H]c1c([2H])c2c(c([2H])c1-c1ccc3c(c1)-c1cccc(-c4c(C([2H])([2H])[2H])cccc4C([2H])([2H])[2H])c1-[n+]1[c-]n(-c4cccc(Oc5ccc6c7ccccc7n(-c7cc(C(C)(C)C)ccn7)c6c5)c4)c4cc(-c5ccc6oc7ccccc7c6c5)cc(c41)-c1ccccc1-3)C(C([2H])([2H])[2H])(C([2H])([2H])[2H])C([2H])([2H])C([2H])([2H])C2(C([2H])([2H])[2H])C([2H])([2H])[2H]. The highest BCUT2D eigenvalue weighted by Crippen LogP contribution is 2.51. The topological polar surface area (TPSA) is 49.0 Å². The molecule has 0 fully saturated rings. The van der Waals surface area contributed by atoms with E-state index in [0.29, 0.717) is 73.0 Å². The maximum Gasteiger partial charge on any atom is 0.269 e. The first kappa shape index (κ1) is 35.2. The Hall–Kier alpha value is -10.6. The first-order valence-electron chi connectivity index (χ1n) is 42.7. The molecular formula is C86H70N4O2. The Morgan fingerprint density at radius 3 is 2.03 bits per heavy atom.